The average molecular weight is 485 g/mol. The molecule has 0 saturated heterocycles. The first-order valence-corrected chi connectivity index (χ1v) is 13.2. The van der Waals surface area contributed by atoms with Crippen molar-refractivity contribution in [2.75, 3.05) is 0 Å². The molecule has 4 aromatic rings. The van der Waals surface area contributed by atoms with E-state index in [0.717, 1.165) is 47.1 Å². The van der Waals surface area contributed by atoms with E-state index in [-0.39, 0.29) is 11.6 Å². The highest BCUT2D eigenvalue weighted by molar-refractivity contribution is 5.83. The van der Waals surface area contributed by atoms with E-state index in [2.05, 4.69) is 87.3 Å². The maximum absolute atomic E-state index is 13.2. The lowest BCUT2D eigenvalue weighted by atomic mass is 9.95. The molecule has 7 heteroatoms. The Morgan fingerprint density at radius 1 is 1.06 bits per heavy atom. The molecular formula is C29H36N6O. The predicted octanol–water partition coefficient (Wildman–Crippen LogP) is 5.79. The Balaban J connectivity index is 1.54. The van der Waals surface area contributed by atoms with Crippen molar-refractivity contribution < 1.29 is 0 Å². The Hall–Kier alpha value is -3.32. The molecule has 1 atom stereocenters. The van der Waals surface area contributed by atoms with Gasteiger partial charge in [0.05, 0.1) is 12.1 Å². The molecule has 0 aliphatic heterocycles. The first-order valence-electron chi connectivity index (χ1n) is 13.2. The van der Waals surface area contributed by atoms with Crippen LogP contribution in [0.3, 0.4) is 0 Å². The number of nitrogens with one attached hydrogen (secondary N) is 1. The quantitative estimate of drug-likeness (QED) is 0.342. The smallest absolute Gasteiger partial charge is 0.252 e. The molecule has 188 valence electrons. The van der Waals surface area contributed by atoms with Crippen LogP contribution >= 0.6 is 0 Å². The van der Waals surface area contributed by atoms with Crippen LogP contribution in [-0.2, 0) is 13.1 Å². The van der Waals surface area contributed by atoms with E-state index in [4.69, 9.17) is 0 Å². The first kappa shape index (κ1) is 24.4. The molecule has 1 fully saturated rings. The minimum absolute atomic E-state index is 0.00338. The van der Waals surface area contributed by atoms with E-state index in [1.165, 1.54) is 30.4 Å². The summed E-state index contributed by atoms with van der Waals surface area (Å²) in [7, 11) is 0. The largest absolute Gasteiger partial charge is 0.322 e. The third-order valence-electron chi connectivity index (χ3n) is 7.56. The molecule has 0 bridgehead atoms. The fourth-order valence-electron chi connectivity index (χ4n) is 5.76. The van der Waals surface area contributed by atoms with E-state index in [1.807, 2.05) is 12.1 Å². The zero-order chi connectivity index (χ0) is 25.1. The second-order valence-electron chi connectivity index (χ2n) is 10.3. The molecule has 1 saturated carbocycles. The lowest BCUT2D eigenvalue weighted by Gasteiger charge is -2.32. The number of nitrogens with zero attached hydrogens (tertiary/aromatic N) is 5. The molecule has 5 rings (SSSR count). The van der Waals surface area contributed by atoms with Gasteiger partial charge >= 0.3 is 0 Å². The number of aryl methyl sites for hydroxylation is 2. The zero-order valence-electron chi connectivity index (χ0n) is 21.6. The molecule has 0 radical (unpaired) electrons. The number of benzene rings is 2. The van der Waals surface area contributed by atoms with Crippen LogP contribution in [0.2, 0.25) is 0 Å². The predicted molar refractivity (Wildman–Crippen MR) is 143 cm³/mol. The molecule has 0 amide bonds. The Kier molecular flexibility index (Phi) is 7.28. The van der Waals surface area contributed by atoms with Crippen LogP contribution < -0.4 is 5.56 Å². The summed E-state index contributed by atoms with van der Waals surface area (Å²) in [6.07, 6.45) is 6.82. The highest BCUT2D eigenvalue weighted by Gasteiger charge is 2.29. The zero-order valence-corrected chi connectivity index (χ0v) is 21.6. The first-order chi connectivity index (χ1) is 17.5. The summed E-state index contributed by atoms with van der Waals surface area (Å²) in [5.74, 6) is 0.907. The molecule has 7 nitrogen and oxygen atoms in total. The number of hydrogen-bond donors (Lipinski definition) is 1. The van der Waals surface area contributed by atoms with Crippen molar-refractivity contribution >= 4 is 10.9 Å². The monoisotopic (exact) mass is 484 g/mol. The van der Waals surface area contributed by atoms with Crippen LogP contribution in [0.4, 0.5) is 0 Å². The Bertz CT molecular complexity index is 1370. The molecule has 1 N–H and O–H groups in total. The molecule has 0 unspecified atom stereocenters. The van der Waals surface area contributed by atoms with E-state index >= 15 is 0 Å². The maximum atomic E-state index is 13.2. The fraction of sp³-hybridized carbons (Fsp3) is 0.448. The number of fused-ring (bicyclic) bond motifs is 1. The Morgan fingerprint density at radius 2 is 1.83 bits per heavy atom. The number of hydrogen-bond acceptors (Lipinski definition) is 5. The summed E-state index contributed by atoms with van der Waals surface area (Å²) < 4.78 is 2.07. The normalized spacial score (nSPS) is 15.6. The van der Waals surface area contributed by atoms with Crippen molar-refractivity contribution in [3.05, 3.63) is 87.0 Å². The summed E-state index contributed by atoms with van der Waals surface area (Å²) in [5, 5.41) is 14.2. The Morgan fingerprint density at radius 3 is 2.58 bits per heavy atom. The van der Waals surface area contributed by atoms with E-state index in [0.29, 0.717) is 19.1 Å². The third-order valence-corrected chi connectivity index (χ3v) is 7.56. The van der Waals surface area contributed by atoms with Crippen molar-refractivity contribution in [2.45, 2.75) is 84.5 Å². The molecule has 2 heterocycles. The summed E-state index contributed by atoms with van der Waals surface area (Å²) in [4.78, 5) is 18.7. The lowest BCUT2D eigenvalue weighted by Crippen LogP contribution is -2.33. The summed E-state index contributed by atoms with van der Waals surface area (Å²) in [6, 6.07) is 17.1. The van der Waals surface area contributed by atoms with Gasteiger partial charge in [-0.3, -0.25) is 9.69 Å². The minimum atomic E-state index is -0.0349. The van der Waals surface area contributed by atoms with Gasteiger partial charge in [0.2, 0.25) is 0 Å². The van der Waals surface area contributed by atoms with Gasteiger partial charge < -0.3 is 4.98 Å². The molecule has 1 aliphatic rings. The van der Waals surface area contributed by atoms with Gasteiger partial charge in [0.1, 0.15) is 0 Å². The number of aromatic amines is 1. The van der Waals surface area contributed by atoms with Crippen molar-refractivity contribution in [1.29, 1.82) is 0 Å². The van der Waals surface area contributed by atoms with Gasteiger partial charge in [0.25, 0.3) is 5.56 Å². The topological polar surface area (TPSA) is 79.7 Å². The van der Waals surface area contributed by atoms with Crippen molar-refractivity contribution in [2.24, 2.45) is 0 Å². The van der Waals surface area contributed by atoms with Gasteiger partial charge in [-0.1, -0.05) is 62.6 Å². The SMILES string of the molecule is CC[C@@H](c1nnnn1C1CCCCC1)N(Cc1ccccc1)Cc1cc2c(C)cc(C)cc2[nH]c1=O. The molecule has 2 aromatic carbocycles. The lowest BCUT2D eigenvalue weighted by molar-refractivity contribution is 0.155. The average Bonchev–Trinajstić information content (AvgIpc) is 3.36. The molecule has 2 aromatic heterocycles. The van der Waals surface area contributed by atoms with E-state index in [9.17, 15) is 4.79 Å². The Labute approximate surface area is 212 Å². The van der Waals surface area contributed by atoms with Crippen molar-refractivity contribution in [1.82, 2.24) is 30.1 Å². The number of pyridine rings is 1. The number of rotatable bonds is 8. The van der Waals surface area contributed by atoms with Crippen LogP contribution in [0.15, 0.2) is 53.3 Å². The highest BCUT2D eigenvalue weighted by atomic mass is 16.1. The van der Waals surface area contributed by atoms with E-state index in [1.54, 1.807) is 0 Å². The van der Waals surface area contributed by atoms with E-state index < -0.39 is 0 Å². The van der Waals surface area contributed by atoms with Crippen LogP contribution in [0.5, 0.6) is 0 Å². The summed E-state index contributed by atoms with van der Waals surface area (Å²) >= 11 is 0. The van der Waals surface area contributed by atoms with Gasteiger partial charge in [-0.05, 0) is 72.4 Å². The second-order valence-corrected chi connectivity index (χ2v) is 10.3. The van der Waals surface area contributed by atoms with Gasteiger partial charge in [0, 0.05) is 29.6 Å². The number of tetrazole rings is 1. The fourth-order valence-corrected chi connectivity index (χ4v) is 5.76. The van der Waals surface area contributed by atoms with Crippen LogP contribution in [0, 0.1) is 13.8 Å². The van der Waals surface area contributed by atoms with Crippen LogP contribution in [0.1, 0.15) is 85.6 Å². The van der Waals surface area contributed by atoms with Gasteiger partial charge in [0.15, 0.2) is 5.82 Å². The molecule has 0 spiro atoms. The third kappa shape index (κ3) is 5.12. The minimum Gasteiger partial charge on any atom is -0.322 e. The van der Waals surface area contributed by atoms with Crippen molar-refractivity contribution in [3.8, 4) is 0 Å². The summed E-state index contributed by atoms with van der Waals surface area (Å²) in [5.41, 5.74) is 5.15. The number of H-pyrrole nitrogens is 1. The van der Waals surface area contributed by atoms with Gasteiger partial charge in [-0.2, -0.15) is 0 Å². The van der Waals surface area contributed by atoms with Gasteiger partial charge in [-0.25, -0.2) is 4.68 Å². The summed E-state index contributed by atoms with van der Waals surface area (Å²) in [6.45, 7) is 7.57. The van der Waals surface area contributed by atoms with Crippen LogP contribution in [-0.4, -0.2) is 30.1 Å². The highest BCUT2D eigenvalue weighted by Crippen LogP contribution is 2.33. The second kappa shape index (κ2) is 10.7. The van der Waals surface area contributed by atoms with Crippen LogP contribution in [0.25, 0.3) is 10.9 Å². The molecular weight excluding hydrogens is 448 g/mol. The molecule has 1 aliphatic carbocycles. The maximum Gasteiger partial charge on any atom is 0.252 e. The number of aromatic nitrogens is 5. The van der Waals surface area contributed by atoms with Gasteiger partial charge in [-0.15, -0.1) is 5.10 Å². The van der Waals surface area contributed by atoms with Crippen molar-refractivity contribution in [3.63, 3.8) is 0 Å². The standard InChI is InChI=1S/C29H36N6O/c1-4-27(28-31-32-33-35(28)24-13-9-6-10-14-24)34(18-22-11-7-5-8-12-22)19-23-17-25-21(3)15-20(2)16-26(25)30-29(23)36/h5,7-8,11-12,15-17,24,27H,4,6,9-10,13-14,18-19H2,1-3H3,(H,30,36)/t27-/m0/s1. The molecule has 36 heavy (non-hydrogen) atoms.